The van der Waals surface area contributed by atoms with Crippen molar-refractivity contribution < 1.29 is 4.42 Å². The van der Waals surface area contributed by atoms with Crippen molar-refractivity contribution >= 4 is 32.7 Å². The van der Waals surface area contributed by atoms with Crippen LogP contribution in [0.2, 0.25) is 0 Å². The summed E-state index contributed by atoms with van der Waals surface area (Å²) >= 11 is 0. The maximum atomic E-state index is 6.47. The van der Waals surface area contributed by atoms with Crippen LogP contribution in [0.15, 0.2) is 162 Å². The number of allylic oxidation sites excluding steroid dienone is 4. The van der Waals surface area contributed by atoms with Gasteiger partial charge in [-0.3, -0.25) is 0 Å². The lowest BCUT2D eigenvalue weighted by molar-refractivity contribution is 0.669. The molecule has 1 aliphatic carbocycles. The van der Waals surface area contributed by atoms with Gasteiger partial charge in [0, 0.05) is 27.8 Å². The fourth-order valence-corrected chi connectivity index (χ4v) is 6.76. The van der Waals surface area contributed by atoms with Crippen molar-refractivity contribution in [1.29, 1.82) is 0 Å². The average Bonchev–Trinajstić information content (AvgIpc) is 3.54. The van der Waals surface area contributed by atoms with E-state index < -0.39 is 0 Å². The predicted octanol–water partition coefficient (Wildman–Crippen LogP) is 11.2. The van der Waals surface area contributed by atoms with Crippen molar-refractivity contribution in [3.63, 3.8) is 0 Å². The van der Waals surface area contributed by atoms with Crippen LogP contribution < -0.4 is 0 Å². The summed E-state index contributed by atoms with van der Waals surface area (Å²) in [5.74, 6) is 2.24. The lowest BCUT2D eigenvalue weighted by Gasteiger charge is -2.16. The van der Waals surface area contributed by atoms with E-state index >= 15 is 0 Å². The van der Waals surface area contributed by atoms with Crippen LogP contribution in [-0.4, -0.2) is 15.0 Å². The third-order valence-corrected chi connectivity index (χ3v) is 9.04. The highest BCUT2D eigenvalue weighted by Gasteiger charge is 2.21. The van der Waals surface area contributed by atoms with Crippen LogP contribution in [0.25, 0.3) is 77.7 Å². The second-order valence-electron chi connectivity index (χ2n) is 11.9. The van der Waals surface area contributed by atoms with Gasteiger partial charge in [0.05, 0.1) is 0 Å². The molecule has 0 fully saturated rings. The standard InChI is InChI=1S/C43H29N3O/c1-4-14-28(15-5-1)31-26-37(40-36-22-12-13-23-38(36)47-39(40)27-31)34-24-25-35(33-21-11-10-20-32(33)34)43-45-41(29-16-6-2-7-17-29)44-42(46-43)30-18-8-3-9-19-30/h1-18,20-27,30H,19H2. The molecule has 47 heavy (non-hydrogen) atoms. The number of aromatic nitrogens is 3. The summed E-state index contributed by atoms with van der Waals surface area (Å²) < 4.78 is 6.47. The highest BCUT2D eigenvalue weighted by molar-refractivity contribution is 6.17. The molecule has 0 N–H and O–H groups in total. The van der Waals surface area contributed by atoms with Crippen molar-refractivity contribution in [2.24, 2.45) is 0 Å². The molecular weight excluding hydrogens is 574 g/mol. The first-order valence-corrected chi connectivity index (χ1v) is 16.0. The van der Waals surface area contributed by atoms with E-state index in [0.717, 1.165) is 78.3 Å². The van der Waals surface area contributed by atoms with Crippen LogP contribution in [0.1, 0.15) is 18.2 Å². The highest BCUT2D eigenvalue weighted by Crippen LogP contribution is 2.43. The summed E-state index contributed by atoms with van der Waals surface area (Å²) in [4.78, 5) is 15.2. The van der Waals surface area contributed by atoms with Crippen LogP contribution >= 0.6 is 0 Å². The third kappa shape index (κ3) is 4.82. The Balaban J connectivity index is 1.29. The summed E-state index contributed by atoms with van der Waals surface area (Å²) in [5.41, 5.74) is 8.24. The Morgan fingerprint density at radius 3 is 1.91 bits per heavy atom. The van der Waals surface area contributed by atoms with E-state index in [1.165, 1.54) is 0 Å². The molecule has 0 saturated heterocycles. The number of benzene rings is 6. The predicted molar refractivity (Wildman–Crippen MR) is 192 cm³/mol. The monoisotopic (exact) mass is 603 g/mol. The van der Waals surface area contributed by atoms with Gasteiger partial charge in [0.2, 0.25) is 0 Å². The quantitative estimate of drug-likeness (QED) is 0.196. The molecule has 6 aromatic carbocycles. The molecule has 2 heterocycles. The Morgan fingerprint density at radius 1 is 0.489 bits per heavy atom. The molecule has 0 aliphatic heterocycles. The van der Waals surface area contributed by atoms with Gasteiger partial charge in [-0.15, -0.1) is 0 Å². The van der Waals surface area contributed by atoms with Gasteiger partial charge in [-0.05, 0) is 63.7 Å². The van der Waals surface area contributed by atoms with Gasteiger partial charge < -0.3 is 4.42 Å². The number of rotatable bonds is 5. The molecule has 2 aromatic heterocycles. The van der Waals surface area contributed by atoms with Crippen molar-refractivity contribution in [3.05, 3.63) is 164 Å². The molecule has 0 radical (unpaired) electrons. The zero-order chi connectivity index (χ0) is 31.2. The first-order valence-electron chi connectivity index (χ1n) is 16.0. The highest BCUT2D eigenvalue weighted by atomic mass is 16.3. The van der Waals surface area contributed by atoms with Crippen LogP contribution in [0.4, 0.5) is 0 Å². The minimum Gasteiger partial charge on any atom is -0.456 e. The van der Waals surface area contributed by atoms with E-state index in [-0.39, 0.29) is 5.92 Å². The molecule has 1 atom stereocenters. The molecule has 1 aliphatic rings. The topological polar surface area (TPSA) is 51.8 Å². The normalized spacial score (nSPS) is 14.3. The summed E-state index contributed by atoms with van der Waals surface area (Å²) in [6.07, 6.45) is 9.36. The zero-order valence-corrected chi connectivity index (χ0v) is 25.5. The van der Waals surface area contributed by atoms with E-state index in [2.05, 4.69) is 121 Å². The molecule has 4 nitrogen and oxygen atoms in total. The van der Waals surface area contributed by atoms with Gasteiger partial charge in [-0.1, -0.05) is 133 Å². The minimum atomic E-state index is 0.0955. The summed E-state index contributed by atoms with van der Waals surface area (Å²) in [7, 11) is 0. The maximum Gasteiger partial charge on any atom is 0.164 e. The molecular formula is C43H29N3O. The fraction of sp³-hybridized carbons (Fsp3) is 0.0465. The van der Waals surface area contributed by atoms with Crippen LogP contribution in [0, 0.1) is 0 Å². The van der Waals surface area contributed by atoms with Gasteiger partial charge in [0.25, 0.3) is 0 Å². The lowest BCUT2D eigenvalue weighted by Crippen LogP contribution is -2.08. The van der Waals surface area contributed by atoms with Crippen LogP contribution in [-0.2, 0) is 0 Å². The average molecular weight is 604 g/mol. The summed E-state index contributed by atoms with van der Waals surface area (Å²) in [5, 5.41) is 4.44. The van der Waals surface area contributed by atoms with Crippen molar-refractivity contribution in [3.8, 4) is 45.0 Å². The third-order valence-electron chi connectivity index (χ3n) is 9.04. The van der Waals surface area contributed by atoms with Gasteiger partial charge in [0.15, 0.2) is 11.6 Å². The molecule has 0 spiro atoms. The van der Waals surface area contributed by atoms with E-state index in [1.807, 2.05) is 36.4 Å². The first-order chi connectivity index (χ1) is 23.3. The largest absolute Gasteiger partial charge is 0.456 e. The Bertz CT molecular complexity index is 2490. The zero-order valence-electron chi connectivity index (χ0n) is 25.5. The van der Waals surface area contributed by atoms with Gasteiger partial charge in [-0.2, -0.15) is 0 Å². The second kappa shape index (κ2) is 11.3. The summed E-state index contributed by atoms with van der Waals surface area (Å²) in [6, 6.07) is 46.4. The smallest absolute Gasteiger partial charge is 0.164 e. The Morgan fingerprint density at radius 2 is 1.15 bits per heavy atom. The maximum absolute atomic E-state index is 6.47. The number of furan rings is 1. The number of hydrogen-bond donors (Lipinski definition) is 0. The number of nitrogens with zero attached hydrogens (tertiary/aromatic N) is 3. The lowest BCUT2D eigenvalue weighted by atomic mass is 9.90. The Kier molecular flexibility index (Phi) is 6.57. The molecule has 8 aromatic rings. The fourth-order valence-electron chi connectivity index (χ4n) is 6.76. The van der Waals surface area contributed by atoms with Gasteiger partial charge >= 0.3 is 0 Å². The van der Waals surface area contributed by atoms with E-state index in [1.54, 1.807) is 0 Å². The minimum absolute atomic E-state index is 0.0955. The Hall–Kier alpha value is -6.13. The van der Waals surface area contributed by atoms with Gasteiger partial charge in [-0.25, -0.2) is 15.0 Å². The molecule has 0 bridgehead atoms. The van der Waals surface area contributed by atoms with Crippen molar-refractivity contribution in [2.75, 3.05) is 0 Å². The second-order valence-corrected chi connectivity index (χ2v) is 11.9. The number of para-hydroxylation sites is 1. The molecule has 0 saturated carbocycles. The van der Waals surface area contributed by atoms with E-state index in [9.17, 15) is 0 Å². The summed E-state index contributed by atoms with van der Waals surface area (Å²) in [6.45, 7) is 0. The van der Waals surface area contributed by atoms with Gasteiger partial charge in [0.1, 0.15) is 17.0 Å². The molecule has 1 unspecified atom stereocenters. The number of hydrogen-bond acceptors (Lipinski definition) is 4. The van der Waals surface area contributed by atoms with E-state index in [4.69, 9.17) is 19.4 Å². The number of fused-ring (bicyclic) bond motifs is 4. The molecule has 4 heteroatoms. The molecule has 222 valence electrons. The van der Waals surface area contributed by atoms with Crippen LogP contribution in [0.5, 0.6) is 0 Å². The van der Waals surface area contributed by atoms with Crippen molar-refractivity contribution in [1.82, 2.24) is 15.0 Å². The van der Waals surface area contributed by atoms with Crippen molar-refractivity contribution in [2.45, 2.75) is 12.3 Å². The molecule has 9 rings (SSSR count). The SMILES string of the molecule is C1=CCC(c2nc(-c3ccccc3)nc(-c3ccc(-c4cc(-c5ccccc5)cc5oc6ccccc6c45)c4ccccc34)n2)C=C1. The first kappa shape index (κ1) is 27.2. The Labute approximate surface area is 272 Å². The van der Waals surface area contributed by atoms with E-state index in [0.29, 0.717) is 11.6 Å². The molecule has 0 amide bonds. The van der Waals surface area contributed by atoms with Crippen LogP contribution in [0.3, 0.4) is 0 Å².